The van der Waals surface area contributed by atoms with Gasteiger partial charge in [-0.15, -0.1) is 0 Å². The van der Waals surface area contributed by atoms with E-state index in [9.17, 15) is 8.42 Å². The lowest BCUT2D eigenvalue weighted by Crippen LogP contribution is -2.39. The lowest BCUT2D eigenvalue weighted by Gasteiger charge is -2.24. The van der Waals surface area contributed by atoms with Crippen LogP contribution in [0.5, 0.6) is 11.5 Å². The molecular formula is C18H20ClNO5S. The first-order chi connectivity index (χ1) is 12.5. The normalized spacial score (nSPS) is 18.9. The van der Waals surface area contributed by atoms with Gasteiger partial charge in [-0.2, -0.15) is 4.31 Å². The molecule has 1 aliphatic rings. The van der Waals surface area contributed by atoms with E-state index in [0.717, 1.165) is 5.75 Å². The summed E-state index contributed by atoms with van der Waals surface area (Å²) in [5, 5.41) is 0.490. The van der Waals surface area contributed by atoms with E-state index in [4.69, 9.17) is 25.8 Å². The molecule has 0 radical (unpaired) electrons. The zero-order valence-corrected chi connectivity index (χ0v) is 15.9. The van der Waals surface area contributed by atoms with Crippen molar-refractivity contribution in [1.82, 2.24) is 4.31 Å². The number of ether oxygens (including phenoxy) is 3. The number of hydrogen-bond acceptors (Lipinski definition) is 5. The first-order valence-corrected chi connectivity index (χ1v) is 9.95. The standard InChI is InChI=1S/C18H20ClNO5S/c1-23-15-4-6-16(7-5-15)25-17-12-20(10-11-24-13-17)26(21,22)18-8-2-14(19)3-9-18/h2-9,17H,10-13H2,1H3. The maximum Gasteiger partial charge on any atom is 0.243 e. The third-order valence-electron chi connectivity index (χ3n) is 4.01. The van der Waals surface area contributed by atoms with E-state index in [1.807, 2.05) is 0 Å². The van der Waals surface area contributed by atoms with Crippen LogP contribution in [0, 0.1) is 0 Å². The van der Waals surface area contributed by atoms with Gasteiger partial charge in [-0.1, -0.05) is 11.6 Å². The molecule has 0 bridgehead atoms. The van der Waals surface area contributed by atoms with Gasteiger partial charge in [0.05, 0.1) is 31.8 Å². The van der Waals surface area contributed by atoms with E-state index < -0.39 is 16.1 Å². The molecule has 1 heterocycles. The van der Waals surface area contributed by atoms with E-state index in [0.29, 0.717) is 24.0 Å². The minimum absolute atomic E-state index is 0.201. The van der Waals surface area contributed by atoms with Crippen LogP contribution in [0.3, 0.4) is 0 Å². The highest BCUT2D eigenvalue weighted by Crippen LogP contribution is 2.22. The fourth-order valence-corrected chi connectivity index (χ4v) is 4.23. The molecule has 1 aliphatic heterocycles. The van der Waals surface area contributed by atoms with Crippen LogP contribution in [0.4, 0.5) is 0 Å². The van der Waals surface area contributed by atoms with Crippen molar-refractivity contribution in [3.8, 4) is 11.5 Å². The molecule has 0 spiro atoms. The number of halogens is 1. The smallest absolute Gasteiger partial charge is 0.243 e. The second-order valence-electron chi connectivity index (χ2n) is 5.81. The fraction of sp³-hybridized carbons (Fsp3) is 0.333. The maximum absolute atomic E-state index is 12.9. The number of methoxy groups -OCH3 is 1. The third-order valence-corrected chi connectivity index (χ3v) is 6.14. The monoisotopic (exact) mass is 397 g/mol. The van der Waals surface area contributed by atoms with Crippen LogP contribution < -0.4 is 9.47 Å². The van der Waals surface area contributed by atoms with Gasteiger partial charge < -0.3 is 14.2 Å². The molecule has 1 atom stereocenters. The topological polar surface area (TPSA) is 65.1 Å². The highest BCUT2D eigenvalue weighted by atomic mass is 35.5. The second-order valence-corrected chi connectivity index (χ2v) is 8.18. The first kappa shape index (κ1) is 19.0. The lowest BCUT2D eigenvalue weighted by molar-refractivity contribution is 0.0722. The molecule has 2 aromatic rings. The van der Waals surface area contributed by atoms with Gasteiger partial charge in [0.1, 0.15) is 17.6 Å². The first-order valence-electron chi connectivity index (χ1n) is 8.13. The Balaban J connectivity index is 1.74. The highest BCUT2D eigenvalue weighted by molar-refractivity contribution is 7.89. The fourth-order valence-electron chi connectivity index (χ4n) is 2.64. The Bertz CT molecular complexity index is 824. The minimum atomic E-state index is -3.64. The van der Waals surface area contributed by atoms with Gasteiger partial charge in [-0.25, -0.2) is 8.42 Å². The SMILES string of the molecule is COc1ccc(OC2COCCN(S(=O)(=O)c3ccc(Cl)cc3)C2)cc1. The second kappa shape index (κ2) is 8.26. The van der Waals surface area contributed by atoms with E-state index in [1.54, 1.807) is 43.5 Å². The van der Waals surface area contributed by atoms with Gasteiger partial charge in [0.15, 0.2) is 0 Å². The summed E-state index contributed by atoms with van der Waals surface area (Å²) in [4.78, 5) is 0.201. The van der Waals surface area contributed by atoms with Crippen LogP contribution in [0.1, 0.15) is 0 Å². The number of rotatable bonds is 5. The molecule has 2 aromatic carbocycles. The van der Waals surface area contributed by atoms with Crippen molar-refractivity contribution in [2.45, 2.75) is 11.0 Å². The molecule has 0 aromatic heterocycles. The summed E-state index contributed by atoms with van der Waals surface area (Å²) in [5.41, 5.74) is 0. The van der Waals surface area contributed by atoms with Crippen LogP contribution in [0.15, 0.2) is 53.4 Å². The average molecular weight is 398 g/mol. The minimum Gasteiger partial charge on any atom is -0.497 e. The summed E-state index contributed by atoms with van der Waals surface area (Å²) >= 11 is 5.85. The number of nitrogens with zero attached hydrogens (tertiary/aromatic N) is 1. The zero-order chi connectivity index (χ0) is 18.6. The van der Waals surface area contributed by atoms with Gasteiger partial charge in [-0.05, 0) is 48.5 Å². The molecule has 8 heteroatoms. The van der Waals surface area contributed by atoms with E-state index in [1.165, 1.54) is 16.4 Å². The molecule has 1 saturated heterocycles. The van der Waals surface area contributed by atoms with Crippen molar-refractivity contribution < 1.29 is 22.6 Å². The van der Waals surface area contributed by atoms with Crippen LogP contribution in [-0.4, -0.2) is 52.2 Å². The summed E-state index contributed by atoms with van der Waals surface area (Å²) in [5.74, 6) is 1.35. The Morgan fingerprint density at radius 1 is 1.08 bits per heavy atom. The van der Waals surface area contributed by atoms with Crippen LogP contribution in [-0.2, 0) is 14.8 Å². The van der Waals surface area contributed by atoms with Crippen molar-refractivity contribution in [3.05, 3.63) is 53.6 Å². The maximum atomic E-state index is 12.9. The molecular weight excluding hydrogens is 378 g/mol. The van der Waals surface area contributed by atoms with Gasteiger partial charge in [0.25, 0.3) is 0 Å². The molecule has 6 nitrogen and oxygen atoms in total. The van der Waals surface area contributed by atoms with Crippen molar-refractivity contribution >= 4 is 21.6 Å². The molecule has 1 unspecified atom stereocenters. The number of sulfonamides is 1. The predicted octanol–water partition coefficient (Wildman–Crippen LogP) is 2.82. The van der Waals surface area contributed by atoms with Crippen molar-refractivity contribution in [2.75, 3.05) is 33.4 Å². The predicted molar refractivity (Wildman–Crippen MR) is 98.4 cm³/mol. The molecule has 0 aliphatic carbocycles. The quantitative estimate of drug-likeness (QED) is 0.776. The van der Waals surface area contributed by atoms with E-state index in [-0.39, 0.29) is 18.0 Å². The lowest BCUT2D eigenvalue weighted by atomic mass is 10.3. The summed E-state index contributed by atoms with van der Waals surface area (Å²) in [6.45, 7) is 1.11. The van der Waals surface area contributed by atoms with Crippen LogP contribution in [0.25, 0.3) is 0 Å². The Hall–Kier alpha value is -1.80. The number of hydrogen-bond donors (Lipinski definition) is 0. The van der Waals surface area contributed by atoms with E-state index in [2.05, 4.69) is 0 Å². The summed E-state index contributed by atoms with van der Waals surface area (Å²) < 4.78 is 43.7. The average Bonchev–Trinajstić information content (AvgIpc) is 2.89. The van der Waals surface area contributed by atoms with Gasteiger partial charge in [0, 0.05) is 11.6 Å². The molecule has 0 amide bonds. The highest BCUT2D eigenvalue weighted by Gasteiger charge is 2.30. The summed E-state index contributed by atoms with van der Waals surface area (Å²) in [6.07, 6.45) is -0.409. The molecule has 140 valence electrons. The van der Waals surface area contributed by atoms with Crippen molar-refractivity contribution in [3.63, 3.8) is 0 Å². The Morgan fingerprint density at radius 3 is 2.38 bits per heavy atom. The van der Waals surface area contributed by atoms with Crippen LogP contribution >= 0.6 is 11.6 Å². The van der Waals surface area contributed by atoms with Gasteiger partial charge >= 0.3 is 0 Å². The van der Waals surface area contributed by atoms with Gasteiger partial charge in [-0.3, -0.25) is 0 Å². The molecule has 26 heavy (non-hydrogen) atoms. The largest absolute Gasteiger partial charge is 0.497 e. The summed E-state index contributed by atoms with van der Waals surface area (Å²) in [6, 6.07) is 13.3. The van der Waals surface area contributed by atoms with Crippen molar-refractivity contribution in [2.24, 2.45) is 0 Å². The molecule has 0 saturated carbocycles. The summed E-state index contributed by atoms with van der Waals surface area (Å²) in [7, 11) is -2.05. The van der Waals surface area contributed by atoms with Crippen molar-refractivity contribution in [1.29, 1.82) is 0 Å². The number of benzene rings is 2. The Kier molecular flexibility index (Phi) is 6.03. The van der Waals surface area contributed by atoms with Crippen LogP contribution in [0.2, 0.25) is 5.02 Å². The van der Waals surface area contributed by atoms with Gasteiger partial charge in [0.2, 0.25) is 10.0 Å². The molecule has 1 fully saturated rings. The third kappa shape index (κ3) is 4.48. The van der Waals surface area contributed by atoms with E-state index >= 15 is 0 Å². The zero-order valence-electron chi connectivity index (χ0n) is 14.3. The Morgan fingerprint density at radius 2 is 1.73 bits per heavy atom. The Labute approximate surface area is 158 Å². The molecule has 3 rings (SSSR count). The molecule has 0 N–H and O–H groups in total.